The van der Waals surface area contributed by atoms with E-state index < -0.39 is 0 Å². The van der Waals surface area contributed by atoms with Gasteiger partial charge in [-0.3, -0.25) is 4.79 Å². The second kappa shape index (κ2) is 4.00. The van der Waals surface area contributed by atoms with Crippen LogP contribution in [0.15, 0.2) is 0 Å². The molecule has 0 fully saturated rings. The van der Waals surface area contributed by atoms with Gasteiger partial charge in [-0.25, -0.2) is 0 Å². The fraction of sp³-hybridized carbons (Fsp3) is 0.700. The Kier molecular flexibility index (Phi) is 2.70. The predicted octanol–water partition coefficient (Wildman–Crippen LogP) is 1.03. The summed E-state index contributed by atoms with van der Waals surface area (Å²) in [7, 11) is 0. The van der Waals surface area contributed by atoms with E-state index in [1.807, 2.05) is 18.4 Å². The van der Waals surface area contributed by atoms with Gasteiger partial charge in [0.2, 0.25) is 0 Å². The maximum Gasteiger partial charge on any atom is 0.316 e. The third kappa shape index (κ3) is 1.73. The van der Waals surface area contributed by atoms with Crippen LogP contribution in [0.5, 0.6) is 0 Å². The molecule has 1 aliphatic heterocycles. The van der Waals surface area contributed by atoms with Gasteiger partial charge in [0.15, 0.2) is 0 Å². The number of fused-ring (bicyclic) bond motifs is 1. The zero-order valence-corrected chi connectivity index (χ0v) is 9.06. The van der Waals surface area contributed by atoms with Crippen molar-refractivity contribution in [2.24, 2.45) is 0 Å². The Hall–Kier alpha value is -1.39. The largest absolute Gasteiger partial charge is 0.465 e. The average Bonchev–Trinajstić information content (AvgIpc) is 2.61. The lowest BCUT2D eigenvalue weighted by molar-refractivity contribution is -0.145. The first-order chi connectivity index (χ1) is 7.24. The van der Waals surface area contributed by atoms with E-state index in [4.69, 9.17) is 4.74 Å². The second-order valence-corrected chi connectivity index (χ2v) is 3.70. The lowest BCUT2D eigenvalue weighted by Crippen LogP contribution is -2.24. The molecule has 1 atom stereocenters. The van der Waals surface area contributed by atoms with Crippen LogP contribution in [0.4, 0.5) is 0 Å². The van der Waals surface area contributed by atoms with Gasteiger partial charge in [-0.15, -0.1) is 10.2 Å². The fourth-order valence-corrected chi connectivity index (χ4v) is 1.98. The molecule has 2 heterocycles. The molecule has 0 saturated carbocycles. The monoisotopic (exact) mass is 209 g/mol. The number of carbonyl (C=O) groups excluding carboxylic acids is 1. The molecule has 15 heavy (non-hydrogen) atoms. The predicted molar refractivity (Wildman–Crippen MR) is 53.4 cm³/mol. The molecule has 0 spiro atoms. The Morgan fingerprint density at radius 1 is 1.60 bits per heavy atom. The normalized spacial score (nSPS) is 19.7. The summed E-state index contributed by atoms with van der Waals surface area (Å²) in [5.41, 5.74) is 0. The molecule has 1 aromatic heterocycles. The molecular formula is C10H15N3O2. The summed E-state index contributed by atoms with van der Waals surface area (Å²) in [6.07, 6.45) is 1.80. The van der Waals surface area contributed by atoms with Gasteiger partial charge >= 0.3 is 5.97 Å². The number of hydrogen-bond acceptors (Lipinski definition) is 4. The lowest BCUT2D eigenvalue weighted by Gasteiger charge is -2.21. The molecule has 5 nitrogen and oxygen atoms in total. The summed E-state index contributed by atoms with van der Waals surface area (Å²) >= 11 is 0. The molecule has 5 heteroatoms. The van der Waals surface area contributed by atoms with Crippen molar-refractivity contribution in [3.8, 4) is 0 Å². The minimum absolute atomic E-state index is 0.175. The molecule has 0 saturated heterocycles. The molecule has 82 valence electrons. The van der Waals surface area contributed by atoms with Crippen LogP contribution in [0.3, 0.4) is 0 Å². The average molecular weight is 209 g/mol. The Bertz CT molecular complexity index is 373. The van der Waals surface area contributed by atoms with E-state index in [9.17, 15) is 4.79 Å². The third-order valence-electron chi connectivity index (χ3n) is 2.72. The van der Waals surface area contributed by atoms with Crippen molar-refractivity contribution in [2.45, 2.75) is 39.2 Å². The molecule has 0 N–H and O–H groups in total. The Balaban J connectivity index is 2.26. The van der Waals surface area contributed by atoms with Gasteiger partial charge in [0.25, 0.3) is 0 Å². The van der Waals surface area contributed by atoms with Gasteiger partial charge in [0, 0.05) is 6.54 Å². The van der Waals surface area contributed by atoms with E-state index in [0.717, 1.165) is 31.0 Å². The van der Waals surface area contributed by atoms with Crippen molar-refractivity contribution in [3.63, 3.8) is 0 Å². The van der Waals surface area contributed by atoms with E-state index in [1.165, 1.54) is 0 Å². The molecule has 2 rings (SSSR count). The van der Waals surface area contributed by atoms with Crippen molar-refractivity contribution >= 4 is 5.97 Å². The number of hydrogen-bond donors (Lipinski definition) is 0. The molecule has 0 radical (unpaired) electrons. The van der Waals surface area contributed by atoms with E-state index in [-0.39, 0.29) is 11.9 Å². The quantitative estimate of drug-likeness (QED) is 0.682. The minimum atomic E-state index is -0.222. The summed E-state index contributed by atoms with van der Waals surface area (Å²) in [4.78, 5) is 11.7. The summed E-state index contributed by atoms with van der Waals surface area (Å²) < 4.78 is 7.03. The summed E-state index contributed by atoms with van der Waals surface area (Å²) in [6, 6.07) is 0. The van der Waals surface area contributed by atoms with E-state index in [2.05, 4.69) is 10.2 Å². The maximum absolute atomic E-state index is 11.7. The molecule has 0 aliphatic carbocycles. The Morgan fingerprint density at radius 3 is 3.13 bits per heavy atom. The molecule has 1 aliphatic rings. The minimum Gasteiger partial charge on any atom is -0.465 e. The highest BCUT2D eigenvalue weighted by Gasteiger charge is 2.30. The van der Waals surface area contributed by atoms with Crippen LogP contribution in [0.1, 0.15) is 37.3 Å². The number of esters is 1. The smallest absolute Gasteiger partial charge is 0.316 e. The van der Waals surface area contributed by atoms with Crippen molar-refractivity contribution in [1.29, 1.82) is 0 Å². The summed E-state index contributed by atoms with van der Waals surface area (Å²) in [5.74, 6) is 1.24. The molecule has 0 unspecified atom stereocenters. The SMILES string of the molecule is CCOC(=O)[C@@H]1CCCn2c(C)nnc21. The Morgan fingerprint density at radius 2 is 2.40 bits per heavy atom. The first kappa shape index (κ1) is 10.1. The number of rotatable bonds is 2. The zero-order chi connectivity index (χ0) is 10.8. The third-order valence-corrected chi connectivity index (χ3v) is 2.72. The summed E-state index contributed by atoms with van der Waals surface area (Å²) in [6.45, 7) is 5.05. The van der Waals surface area contributed by atoms with Crippen LogP contribution in [0, 0.1) is 6.92 Å². The van der Waals surface area contributed by atoms with Crippen LogP contribution in [0.25, 0.3) is 0 Å². The molecule has 0 bridgehead atoms. The second-order valence-electron chi connectivity index (χ2n) is 3.70. The van der Waals surface area contributed by atoms with Gasteiger partial charge in [-0.05, 0) is 26.7 Å². The van der Waals surface area contributed by atoms with Gasteiger partial charge in [0.05, 0.1) is 6.61 Å². The molecule has 1 aromatic rings. The highest BCUT2D eigenvalue weighted by Crippen LogP contribution is 2.27. The highest BCUT2D eigenvalue weighted by atomic mass is 16.5. The topological polar surface area (TPSA) is 57.0 Å². The van der Waals surface area contributed by atoms with Crippen molar-refractivity contribution < 1.29 is 9.53 Å². The molecule has 0 aromatic carbocycles. The number of nitrogens with zero attached hydrogens (tertiary/aromatic N) is 3. The number of carbonyl (C=O) groups is 1. The van der Waals surface area contributed by atoms with E-state index in [1.54, 1.807) is 0 Å². The Labute approximate surface area is 88.4 Å². The lowest BCUT2D eigenvalue weighted by atomic mass is 9.99. The first-order valence-electron chi connectivity index (χ1n) is 5.30. The zero-order valence-electron chi connectivity index (χ0n) is 9.06. The van der Waals surface area contributed by atoms with Gasteiger partial charge < -0.3 is 9.30 Å². The molecular weight excluding hydrogens is 194 g/mol. The van der Waals surface area contributed by atoms with Crippen LogP contribution in [-0.4, -0.2) is 27.3 Å². The summed E-state index contributed by atoms with van der Waals surface area (Å²) in [5, 5.41) is 8.05. The highest BCUT2D eigenvalue weighted by molar-refractivity contribution is 5.77. The van der Waals surface area contributed by atoms with Crippen molar-refractivity contribution in [1.82, 2.24) is 14.8 Å². The fourth-order valence-electron chi connectivity index (χ4n) is 1.98. The molecule has 0 amide bonds. The van der Waals surface area contributed by atoms with Gasteiger partial charge in [-0.1, -0.05) is 0 Å². The standard InChI is InChI=1S/C10H15N3O2/c1-3-15-10(14)8-5-4-6-13-7(2)11-12-9(8)13/h8H,3-6H2,1-2H3/t8-/m1/s1. The number of aryl methyl sites for hydroxylation is 1. The van der Waals surface area contributed by atoms with E-state index >= 15 is 0 Å². The number of ether oxygens (including phenoxy) is 1. The van der Waals surface area contributed by atoms with E-state index in [0.29, 0.717) is 6.61 Å². The van der Waals surface area contributed by atoms with Crippen molar-refractivity contribution in [2.75, 3.05) is 6.61 Å². The van der Waals surface area contributed by atoms with Crippen LogP contribution < -0.4 is 0 Å². The van der Waals surface area contributed by atoms with Crippen LogP contribution in [0.2, 0.25) is 0 Å². The van der Waals surface area contributed by atoms with Gasteiger partial charge in [0.1, 0.15) is 17.6 Å². The maximum atomic E-state index is 11.7. The first-order valence-corrected chi connectivity index (χ1v) is 5.30. The van der Waals surface area contributed by atoms with Crippen LogP contribution >= 0.6 is 0 Å². The van der Waals surface area contributed by atoms with Crippen molar-refractivity contribution in [3.05, 3.63) is 11.6 Å². The number of aromatic nitrogens is 3. The van der Waals surface area contributed by atoms with Crippen LogP contribution in [-0.2, 0) is 16.1 Å². The van der Waals surface area contributed by atoms with Gasteiger partial charge in [-0.2, -0.15) is 0 Å².